The lowest BCUT2D eigenvalue weighted by Gasteiger charge is -2.26. The second-order valence-corrected chi connectivity index (χ2v) is 6.76. The minimum absolute atomic E-state index is 0.00485. The maximum absolute atomic E-state index is 12.6. The van der Waals surface area contributed by atoms with E-state index in [2.05, 4.69) is 27.5 Å². The molecule has 0 saturated carbocycles. The first-order chi connectivity index (χ1) is 11.7. The maximum Gasteiger partial charge on any atom is 0.321 e. The Hall–Kier alpha value is -2.34. The number of aromatic nitrogens is 2. The number of amides is 2. The number of benzene rings is 1. The van der Waals surface area contributed by atoms with E-state index in [0.717, 1.165) is 36.5 Å². The Morgan fingerprint density at radius 1 is 1.17 bits per heavy atom. The molecule has 2 fully saturated rings. The van der Waals surface area contributed by atoms with Gasteiger partial charge in [0.2, 0.25) is 0 Å². The molecule has 2 aliphatic heterocycles. The van der Waals surface area contributed by atoms with Crippen LogP contribution in [0.5, 0.6) is 0 Å². The number of hydrogen-bond acceptors (Lipinski definition) is 3. The lowest BCUT2D eigenvalue weighted by Crippen LogP contribution is -2.41. The minimum Gasteiger partial charge on any atom is -0.323 e. The summed E-state index contributed by atoms with van der Waals surface area (Å²) in [5.74, 6) is 0. The summed E-state index contributed by atoms with van der Waals surface area (Å²) in [6.07, 6.45) is 5.27. The number of likely N-dealkylation sites (N-methyl/N-ethyl adjacent to an activating group) is 1. The molecule has 4 rings (SSSR count). The molecular formula is C18H23N5O. The predicted molar refractivity (Wildman–Crippen MR) is 93.8 cm³/mol. The summed E-state index contributed by atoms with van der Waals surface area (Å²) in [6.45, 7) is 1.66. The highest BCUT2D eigenvalue weighted by atomic mass is 16.2. The van der Waals surface area contributed by atoms with E-state index in [1.54, 1.807) is 6.20 Å². The first-order valence-corrected chi connectivity index (χ1v) is 8.58. The van der Waals surface area contributed by atoms with Crippen molar-refractivity contribution in [3.63, 3.8) is 0 Å². The van der Waals surface area contributed by atoms with Gasteiger partial charge in [0.05, 0.1) is 5.69 Å². The van der Waals surface area contributed by atoms with E-state index in [0.29, 0.717) is 12.1 Å². The van der Waals surface area contributed by atoms with Gasteiger partial charge in [0.15, 0.2) is 0 Å². The maximum atomic E-state index is 12.6. The minimum atomic E-state index is 0.00485. The van der Waals surface area contributed by atoms with Crippen molar-refractivity contribution < 1.29 is 4.79 Å². The second kappa shape index (κ2) is 6.28. The first kappa shape index (κ1) is 15.2. The zero-order valence-electron chi connectivity index (χ0n) is 13.9. The van der Waals surface area contributed by atoms with Crippen molar-refractivity contribution in [2.75, 3.05) is 25.5 Å². The smallest absolute Gasteiger partial charge is 0.321 e. The lowest BCUT2D eigenvalue weighted by atomic mass is 10.1. The number of carbonyl (C=O) groups is 1. The molecule has 0 radical (unpaired) electrons. The molecule has 2 aromatic rings. The molecule has 6 nitrogen and oxygen atoms in total. The summed E-state index contributed by atoms with van der Waals surface area (Å²) >= 11 is 0. The third-order valence-electron chi connectivity index (χ3n) is 5.38. The average molecular weight is 325 g/mol. The Kier molecular flexibility index (Phi) is 3.98. The van der Waals surface area contributed by atoms with Gasteiger partial charge in [0, 0.05) is 37.1 Å². The summed E-state index contributed by atoms with van der Waals surface area (Å²) < 4.78 is 0. The van der Waals surface area contributed by atoms with E-state index in [-0.39, 0.29) is 6.03 Å². The average Bonchev–Trinajstić information content (AvgIpc) is 3.17. The van der Waals surface area contributed by atoms with Gasteiger partial charge in [-0.2, -0.15) is 5.10 Å². The van der Waals surface area contributed by atoms with Crippen LogP contribution in [0, 0.1) is 0 Å². The van der Waals surface area contributed by atoms with Gasteiger partial charge in [-0.15, -0.1) is 0 Å². The third-order valence-corrected chi connectivity index (χ3v) is 5.38. The van der Waals surface area contributed by atoms with Crippen molar-refractivity contribution in [1.29, 1.82) is 0 Å². The topological polar surface area (TPSA) is 64.3 Å². The Balaban J connectivity index is 1.41. The van der Waals surface area contributed by atoms with Crippen molar-refractivity contribution in [3.8, 4) is 11.3 Å². The zero-order chi connectivity index (χ0) is 16.5. The van der Waals surface area contributed by atoms with Crippen LogP contribution in [0.3, 0.4) is 0 Å². The molecule has 2 bridgehead atoms. The molecule has 2 amide bonds. The molecule has 2 N–H and O–H groups in total. The van der Waals surface area contributed by atoms with Gasteiger partial charge in [0.25, 0.3) is 0 Å². The third kappa shape index (κ3) is 2.89. The van der Waals surface area contributed by atoms with Gasteiger partial charge >= 0.3 is 6.03 Å². The molecule has 2 atom stereocenters. The molecule has 2 aliphatic rings. The quantitative estimate of drug-likeness (QED) is 0.892. The van der Waals surface area contributed by atoms with E-state index in [1.165, 1.54) is 12.8 Å². The van der Waals surface area contributed by atoms with Crippen molar-refractivity contribution in [2.45, 2.75) is 31.3 Å². The molecule has 126 valence electrons. The fraction of sp³-hybridized carbons (Fsp3) is 0.444. The Morgan fingerprint density at radius 2 is 1.96 bits per heavy atom. The van der Waals surface area contributed by atoms with Crippen LogP contribution in [0.2, 0.25) is 0 Å². The number of rotatable bonds is 2. The largest absolute Gasteiger partial charge is 0.323 e. The molecule has 0 aliphatic carbocycles. The van der Waals surface area contributed by atoms with Gasteiger partial charge in [-0.05, 0) is 50.1 Å². The molecule has 6 heteroatoms. The number of fused-ring (bicyclic) bond motifs is 2. The summed E-state index contributed by atoms with van der Waals surface area (Å²) in [7, 11) is 2.19. The highest BCUT2D eigenvalue weighted by Crippen LogP contribution is 2.28. The molecule has 24 heavy (non-hydrogen) atoms. The van der Waals surface area contributed by atoms with E-state index in [1.807, 2.05) is 35.2 Å². The molecule has 0 unspecified atom stereocenters. The number of likely N-dealkylation sites (tertiary alicyclic amines) is 1. The van der Waals surface area contributed by atoms with Crippen LogP contribution in [0.1, 0.15) is 19.3 Å². The van der Waals surface area contributed by atoms with Gasteiger partial charge in [0.1, 0.15) is 0 Å². The Labute approximate surface area is 141 Å². The predicted octanol–water partition coefficient (Wildman–Crippen LogP) is 2.78. The first-order valence-electron chi connectivity index (χ1n) is 8.58. The van der Waals surface area contributed by atoms with Crippen LogP contribution in [-0.4, -0.2) is 58.2 Å². The summed E-state index contributed by atoms with van der Waals surface area (Å²) in [5, 5.41) is 9.93. The second-order valence-electron chi connectivity index (χ2n) is 6.76. The number of anilines is 1. The molecule has 1 aromatic heterocycles. The van der Waals surface area contributed by atoms with Crippen LogP contribution in [0.15, 0.2) is 36.5 Å². The molecule has 2 saturated heterocycles. The van der Waals surface area contributed by atoms with Crippen LogP contribution in [0.4, 0.5) is 10.5 Å². The number of urea groups is 1. The highest BCUT2D eigenvalue weighted by Gasteiger charge is 2.35. The van der Waals surface area contributed by atoms with E-state index in [4.69, 9.17) is 0 Å². The lowest BCUT2D eigenvalue weighted by molar-refractivity contribution is 0.200. The van der Waals surface area contributed by atoms with E-state index >= 15 is 0 Å². The Bertz CT molecular complexity index is 697. The fourth-order valence-corrected chi connectivity index (χ4v) is 3.85. The van der Waals surface area contributed by atoms with Gasteiger partial charge < -0.3 is 10.2 Å². The van der Waals surface area contributed by atoms with Gasteiger partial charge in [-0.1, -0.05) is 12.1 Å². The SMILES string of the molecule is CN1[C@H]2CC[C@H]1CN(C(=O)Nc1ccc(-c3ccn[nH]3)cc1)CC2. The van der Waals surface area contributed by atoms with E-state index in [9.17, 15) is 4.79 Å². The van der Waals surface area contributed by atoms with Crippen molar-refractivity contribution in [2.24, 2.45) is 0 Å². The van der Waals surface area contributed by atoms with Crippen LogP contribution in [-0.2, 0) is 0 Å². The zero-order valence-corrected chi connectivity index (χ0v) is 13.9. The van der Waals surface area contributed by atoms with Crippen molar-refractivity contribution in [3.05, 3.63) is 36.5 Å². The monoisotopic (exact) mass is 325 g/mol. The number of hydrogen-bond donors (Lipinski definition) is 2. The Morgan fingerprint density at radius 3 is 2.71 bits per heavy atom. The number of carbonyl (C=O) groups excluding carboxylic acids is 1. The van der Waals surface area contributed by atoms with Crippen LogP contribution in [0.25, 0.3) is 11.3 Å². The van der Waals surface area contributed by atoms with Gasteiger partial charge in [-0.3, -0.25) is 10.00 Å². The number of aromatic amines is 1. The highest BCUT2D eigenvalue weighted by molar-refractivity contribution is 5.89. The van der Waals surface area contributed by atoms with Crippen LogP contribution >= 0.6 is 0 Å². The summed E-state index contributed by atoms with van der Waals surface area (Å²) in [6, 6.07) is 10.9. The number of nitrogens with one attached hydrogen (secondary N) is 2. The van der Waals surface area contributed by atoms with E-state index < -0.39 is 0 Å². The summed E-state index contributed by atoms with van der Waals surface area (Å²) in [4.78, 5) is 17.0. The standard InChI is InChI=1S/C18H23N5O/c1-22-15-6-7-16(22)12-23(11-9-15)18(24)20-14-4-2-13(3-5-14)17-8-10-19-21-17/h2-5,8,10,15-16H,6-7,9,11-12H2,1H3,(H,19,21)(H,20,24)/t15-,16-/m0/s1. The summed E-state index contributed by atoms with van der Waals surface area (Å²) in [5.41, 5.74) is 2.85. The fourth-order valence-electron chi connectivity index (χ4n) is 3.85. The van der Waals surface area contributed by atoms with Crippen molar-refractivity contribution in [1.82, 2.24) is 20.0 Å². The molecule has 3 heterocycles. The number of nitrogens with zero attached hydrogens (tertiary/aromatic N) is 3. The van der Waals surface area contributed by atoms with Crippen molar-refractivity contribution >= 4 is 11.7 Å². The van der Waals surface area contributed by atoms with Crippen LogP contribution < -0.4 is 5.32 Å². The normalized spacial score (nSPS) is 24.0. The molecular weight excluding hydrogens is 302 g/mol. The molecule has 1 aromatic carbocycles. The number of H-pyrrole nitrogens is 1. The van der Waals surface area contributed by atoms with Gasteiger partial charge in [-0.25, -0.2) is 4.79 Å². The molecule has 0 spiro atoms.